The van der Waals surface area contributed by atoms with E-state index in [4.69, 9.17) is 26.8 Å². The fourth-order valence-corrected chi connectivity index (χ4v) is 3.45. The van der Waals surface area contributed by atoms with Crippen LogP contribution in [0, 0.1) is 11.7 Å². The number of hydrogen-bond acceptors (Lipinski definition) is 3. The Morgan fingerprint density at radius 3 is 3.00 bits per heavy atom. The van der Waals surface area contributed by atoms with E-state index in [9.17, 15) is 4.39 Å². The number of hydrogen-bond donors (Lipinski definition) is 1. The molecule has 3 rings (SSSR count). The minimum atomic E-state index is -0.398. The number of benzene rings is 1. The molecule has 2 saturated heterocycles. The van der Waals surface area contributed by atoms with Crippen molar-refractivity contribution in [3.05, 3.63) is 34.6 Å². The summed E-state index contributed by atoms with van der Waals surface area (Å²) < 4.78 is 25.5. The van der Waals surface area contributed by atoms with Crippen molar-refractivity contribution in [2.75, 3.05) is 19.8 Å². The molecule has 2 aliphatic heterocycles. The van der Waals surface area contributed by atoms with Crippen LogP contribution < -0.4 is 5.73 Å². The molecule has 0 bridgehead atoms. The molecule has 1 aromatic rings. The topological polar surface area (TPSA) is 44.5 Å². The summed E-state index contributed by atoms with van der Waals surface area (Å²) in [6.07, 6.45) is 2.56. The van der Waals surface area contributed by atoms with Crippen LogP contribution in [0.1, 0.15) is 30.9 Å². The summed E-state index contributed by atoms with van der Waals surface area (Å²) in [4.78, 5) is 0. The molecule has 0 aromatic heterocycles. The van der Waals surface area contributed by atoms with Crippen molar-refractivity contribution in [2.45, 2.75) is 30.9 Å². The van der Waals surface area contributed by atoms with Gasteiger partial charge in [0, 0.05) is 31.2 Å². The van der Waals surface area contributed by atoms with Gasteiger partial charge in [0.1, 0.15) is 5.82 Å². The third kappa shape index (κ3) is 2.58. The van der Waals surface area contributed by atoms with Gasteiger partial charge in [0.05, 0.1) is 17.2 Å². The van der Waals surface area contributed by atoms with E-state index in [2.05, 4.69) is 0 Å². The molecule has 1 spiro atoms. The lowest BCUT2D eigenvalue weighted by Gasteiger charge is -2.39. The normalized spacial score (nSPS) is 31.6. The van der Waals surface area contributed by atoms with Crippen LogP contribution in [0.3, 0.4) is 0 Å². The lowest BCUT2D eigenvalue weighted by molar-refractivity contribution is -0.101. The van der Waals surface area contributed by atoms with E-state index in [0.717, 1.165) is 25.9 Å². The van der Waals surface area contributed by atoms with E-state index >= 15 is 0 Å². The monoisotopic (exact) mass is 299 g/mol. The third-order valence-corrected chi connectivity index (χ3v) is 4.74. The van der Waals surface area contributed by atoms with Gasteiger partial charge in [0.2, 0.25) is 0 Å². The van der Waals surface area contributed by atoms with Crippen LogP contribution in [0.2, 0.25) is 5.02 Å². The van der Waals surface area contributed by atoms with Crippen molar-refractivity contribution >= 4 is 11.6 Å². The third-order valence-electron chi connectivity index (χ3n) is 4.45. The van der Waals surface area contributed by atoms with E-state index in [1.807, 2.05) is 0 Å². The average Bonchev–Trinajstić information content (AvgIpc) is 2.89. The van der Waals surface area contributed by atoms with Crippen LogP contribution in [0.4, 0.5) is 4.39 Å². The van der Waals surface area contributed by atoms with Gasteiger partial charge in [-0.15, -0.1) is 0 Å². The Hall–Kier alpha value is -0.680. The van der Waals surface area contributed by atoms with Gasteiger partial charge in [-0.25, -0.2) is 4.39 Å². The summed E-state index contributed by atoms with van der Waals surface area (Å²) in [6.45, 7) is 2.01. The van der Waals surface area contributed by atoms with Gasteiger partial charge in [-0.05, 0) is 24.8 Å². The van der Waals surface area contributed by atoms with Gasteiger partial charge in [0.25, 0.3) is 0 Å². The molecule has 3 unspecified atom stereocenters. The van der Waals surface area contributed by atoms with Crippen LogP contribution in [-0.4, -0.2) is 25.4 Å². The molecule has 2 heterocycles. The zero-order chi connectivity index (χ0) is 14.2. The molecule has 20 heavy (non-hydrogen) atoms. The van der Waals surface area contributed by atoms with Crippen LogP contribution in [0.25, 0.3) is 0 Å². The first-order chi connectivity index (χ1) is 9.61. The Morgan fingerprint density at radius 2 is 2.25 bits per heavy atom. The van der Waals surface area contributed by atoms with Crippen LogP contribution >= 0.6 is 11.6 Å². The summed E-state index contributed by atoms with van der Waals surface area (Å²) in [6, 6.07) is 4.66. The maximum Gasteiger partial charge on any atom is 0.146 e. The molecule has 0 saturated carbocycles. The Kier molecular flexibility index (Phi) is 4.00. The Labute approximate surface area is 123 Å². The highest BCUT2D eigenvalue weighted by atomic mass is 35.5. The van der Waals surface area contributed by atoms with Crippen LogP contribution in [0.5, 0.6) is 0 Å². The summed E-state index contributed by atoms with van der Waals surface area (Å²) in [7, 11) is 0. The number of rotatable bonds is 2. The van der Waals surface area contributed by atoms with Gasteiger partial charge in [-0.3, -0.25) is 0 Å². The molecule has 2 fully saturated rings. The summed E-state index contributed by atoms with van der Waals surface area (Å²) in [5, 5.41) is 0.129. The maximum absolute atomic E-state index is 14.1. The standard InChI is InChI=1S/C15H19ClFNO2/c16-12-3-1-2-11(13(12)17)14(18)10-4-6-20-15(8-10)5-7-19-9-15/h1-3,10,14H,4-9,18H2. The maximum atomic E-state index is 14.1. The van der Waals surface area contributed by atoms with E-state index < -0.39 is 5.82 Å². The van der Waals surface area contributed by atoms with Crippen molar-refractivity contribution in [3.8, 4) is 0 Å². The highest BCUT2D eigenvalue weighted by molar-refractivity contribution is 6.30. The summed E-state index contributed by atoms with van der Waals surface area (Å²) in [5.74, 6) is -0.205. The van der Waals surface area contributed by atoms with Crippen molar-refractivity contribution < 1.29 is 13.9 Å². The highest BCUT2D eigenvalue weighted by Crippen LogP contribution is 2.40. The number of nitrogens with two attached hydrogens (primary N) is 1. The first-order valence-electron chi connectivity index (χ1n) is 7.02. The number of ether oxygens (including phenoxy) is 2. The van der Waals surface area contributed by atoms with Crippen LogP contribution in [-0.2, 0) is 9.47 Å². The molecule has 110 valence electrons. The summed E-state index contributed by atoms with van der Waals surface area (Å²) >= 11 is 5.84. The molecular formula is C15H19ClFNO2. The quantitative estimate of drug-likeness (QED) is 0.913. The molecule has 0 amide bonds. The van der Waals surface area contributed by atoms with Crippen molar-refractivity contribution in [2.24, 2.45) is 11.7 Å². The van der Waals surface area contributed by atoms with E-state index in [1.165, 1.54) is 0 Å². The molecule has 2 N–H and O–H groups in total. The van der Waals surface area contributed by atoms with Gasteiger partial charge < -0.3 is 15.2 Å². The van der Waals surface area contributed by atoms with Gasteiger partial charge in [-0.2, -0.15) is 0 Å². The smallest absolute Gasteiger partial charge is 0.146 e. The molecule has 3 nitrogen and oxygen atoms in total. The first-order valence-corrected chi connectivity index (χ1v) is 7.40. The van der Waals surface area contributed by atoms with Crippen molar-refractivity contribution in [3.63, 3.8) is 0 Å². The second kappa shape index (κ2) is 5.60. The fourth-order valence-electron chi connectivity index (χ4n) is 3.27. The van der Waals surface area contributed by atoms with E-state index in [1.54, 1.807) is 18.2 Å². The molecule has 5 heteroatoms. The summed E-state index contributed by atoms with van der Waals surface area (Å²) in [5.41, 5.74) is 6.58. The second-order valence-electron chi connectivity index (χ2n) is 5.76. The predicted molar refractivity (Wildman–Crippen MR) is 75.2 cm³/mol. The van der Waals surface area contributed by atoms with Gasteiger partial charge >= 0.3 is 0 Å². The lowest BCUT2D eigenvalue weighted by Crippen LogP contribution is -2.43. The lowest BCUT2D eigenvalue weighted by atomic mass is 9.79. The molecule has 2 aliphatic rings. The SMILES string of the molecule is NC(c1cccc(Cl)c1F)C1CCOC2(CCOC2)C1. The Bertz CT molecular complexity index is 491. The first kappa shape index (κ1) is 14.3. The average molecular weight is 300 g/mol. The van der Waals surface area contributed by atoms with Crippen molar-refractivity contribution in [1.82, 2.24) is 0 Å². The minimum absolute atomic E-state index is 0.129. The molecule has 1 aromatic carbocycles. The molecule has 0 aliphatic carbocycles. The molecular weight excluding hydrogens is 281 g/mol. The zero-order valence-corrected chi connectivity index (χ0v) is 12.0. The second-order valence-corrected chi connectivity index (χ2v) is 6.16. The van der Waals surface area contributed by atoms with E-state index in [0.29, 0.717) is 18.8 Å². The largest absolute Gasteiger partial charge is 0.378 e. The fraction of sp³-hybridized carbons (Fsp3) is 0.600. The van der Waals surface area contributed by atoms with Crippen molar-refractivity contribution in [1.29, 1.82) is 0 Å². The number of halogens is 2. The molecule has 0 radical (unpaired) electrons. The van der Waals surface area contributed by atoms with Crippen LogP contribution in [0.15, 0.2) is 18.2 Å². The minimum Gasteiger partial charge on any atom is -0.378 e. The molecule has 3 atom stereocenters. The Morgan fingerprint density at radius 1 is 1.40 bits per heavy atom. The van der Waals surface area contributed by atoms with Gasteiger partial charge in [0.15, 0.2) is 0 Å². The predicted octanol–water partition coefficient (Wildman–Crippen LogP) is 3.06. The zero-order valence-electron chi connectivity index (χ0n) is 11.3. The highest BCUT2D eigenvalue weighted by Gasteiger charge is 2.42. The van der Waals surface area contributed by atoms with Gasteiger partial charge in [-0.1, -0.05) is 23.7 Å². The Balaban J connectivity index is 1.79. The van der Waals surface area contributed by atoms with E-state index in [-0.39, 0.29) is 22.6 Å².